The maximum atomic E-state index is 12.1. The van der Waals surface area contributed by atoms with E-state index in [9.17, 15) is 14.9 Å². The second kappa shape index (κ2) is 6.30. The first-order chi connectivity index (χ1) is 11.7. The van der Waals surface area contributed by atoms with Crippen molar-refractivity contribution < 1.29 is 14.5 Å². The summed E-state index contributed by atoms with van der Waals surface area (Å²) in [5.74, 6) is 0. The standard InChI is InChI=1S/C16H21N5O4/c1-16(2,3)25-15(22)19-8-6-11(7-9-19)20-17-13-5-4-12(21(23)24)10-14(13)18-20/h4-5,10-11H,6-9H2,1-3H3. The molecule has 0 saturated carbocycles. The highest BCUT2D eigenvalue weighted by Crippen LogP contribution is 2.25. The average Bonchev–Trinajstić information content (AvgIpc) is 2.96. The van der Waals surface area contributed by atoms with Gasteiger partial charge in [0.25, 0.3) is 5.69 Å². The van der Waals surface area contributed by atoms with E-state index in [4.69, 9.17) is 4.74 Å². The lowest BCUT2D eigenvalue weighted by Gasteiger charge is -2.32. The number of fused-ring (bicyclic) bond motifs is 1. The Labute approximate surface area is 144 Å². The van der Waals surface area contributed by atoms with Crippen molar-refractivity contribution in [1.82, 2.24) is 19.9 Å². The van der Waals surface area contributed by atoms with Gasteiger partial charge < -0.3 is 9.64 Å². The first-order valence-electron chi connectivity index (χ1n) is 8.22. The van der Waals surface area contributed by atoms with Gasteiger partial charge in [-0.25, -0.2) is 4.79 Å². The molecule has 9 heteroatoms. The van der Waals surface area contributed by atoms with Crippen LogP contribution in [0.1, 0.15) is 39.7 Å². The largest absolute Gasteiger partial charge is 0.444 e. The highest BCUT2D eigenvalue weighted by atomic mass is 16.6. The maximum Gasteiger partial charge on any atom is 0.410 e. The summed E-state index contributed by atoms with van der Waals surface area (Å²) in [6.45, 7) is 6.66. The van der Waals surface area contributed by atoms with Gasteiger partial charge in [0.15, 0.2) is 0 Å². The van der Waals surface area contributed by atoms with Crippen LogP contribution in [-0.2, 0) is 4.74 Å². The van der Waals surface area contributed by atoms with Gasteiger partial charge in [-0.05, 0) is 39.7 Å². The monoisotopic (exact) mass is 347 g/mol. The molecule has 0 radical (unpaired) electrons. The molecule has 2 aromatic rings. The van der Waals surface area contributed by atoms with Crippen LogP contribution < -0.4 is 0 Å². The number of aromatic nitrogens is 3. The van der Waals surface area contributed by atoms with Crippen LogP contribution >= 0.6 is 0 Å². The minimum atomic E-state index is -0.510. The second-order valence-electron chi connectivity index (χ2n) is 7.15. The molecule has 1 aromatic heterocycles. The first kappa shape index (κ1) is 17.1. The second-order valence-corrected chi connectivity index (χ2v) is 7.15. The van der Waals surface area contributed by atoms with Gasteiger partial charge in [0, 0.05) is 25.2 Å². The van der Waals surface area contributed by atoms with Crippen molar-refractivity contribution in [2.75, 3.05) is 13.1 Å². The van der Waals surface area contributed by atoms with E-state index in [2.05, 4.69) is 10.2 Å². The SMILES string of the molecule is CC(C)(C)OC(=O)N1CCC(n2nc3ccc([N+](=O)[O-])cc3n2)CC1. The number of benzene rings is 1. The third-order valence-electron chi connectivity index (χ3n) is 4.03. The number of piperidine rings is 1. The lowest BCUT2D eigenvalue weighted by Crippen LogP contribution is -2.42. The third-order valence-corrected chi connectivity index (χ3v) is 4.03. The topological polar surface area (TPSA) is 103 Å². The van der Waals surface area contributed by atoms with Crippen molar-refractivity contribution in [2.45, 2.75) is 45.3 Å². The Morgan fingerprint density at radius 2 is 1.88 bits per heavy atom. The van der Waals surface area contributed by atoms with Gasteiger partial charge in [0.1, 0.15) is 16.6 Å². The van der Waals surface area contributed by atoms with E-state index in [0.29, 0.717) is 37.0 Å². The van der Waals surface area contributed by atoms with Crippen LogP contribution in [-0.4, -0.2) is 49.6 Å². The number of nitrogens with zero attached hydrogens (tertiary/aromatic N) is 5. The van der Waals surface area contributed by atoms with Crippen LogP contribution in [0.25, 0.3) is 11.0 Å². The van der Waals surface area contributed by atoms with Crippen LogP contribution in [0.4, 0.5) is 10.5 Å². The lowest BCUT2D eigenvalue weighted by atomic mass is 10.1. The zero-order valence-corrected chi connectivity index (χ0v) is 14.5. The molecule has 1 aromatic carbocycles. The Morgan fingerprint density at radius 1 is 1.24 bits per heavy atom. The summed E-state index contributed by atoms with van der Waals surface area (Å²) in [4.78, 5) is 25.8. The van der Waals surface area contributed by atoms with Crippen LogP contribution in [0.2, 0.25) is 0 Å². The Hall–Kier alpha value is -2.71. The molecule has 0 N–H and O–H groups in total. The van der Waals surface area contributed by atoms with E-state index in [1.54, 1.807) is 15.8 Å². The number of likely N-dealkylation sites (tertiary alicyclic amines) is 1. The van der Waals surface area contributed by atoms with Crippen molar-refractivity contribution in [3.8, 4) is 0 Å². The predicted molar refractivity (Wildman–Crippen MR) is 90.3 cm³/mol. The molecule has 0 spiro atoms. The number of amides is 1. The third kappa shape index (κ3) is 3.86. The number of carbonyl (C=O) groups excluding carboxylic acids is 1. The Bertz CT molecular complexity index is 802. The van der Waals surface area contributed by atoms with Crippen molar-refractivity contribution in [1.29, 1.82) is 0 Å². The molecule has 1 saturated heterocycles. The molecule has 1 fully saturated rings. The molecular weight excluding hydrogens is 326 g/mol. The Kier molecular flexibility index (Phi) is 4.32. The molecule has 0 bridgehead atoms. The van der Waals surface area contributed by atoms with E-state index in [0.717, 1.165) is 0 Å². The zero-order chi connectivity index (χ0) is 18.2. The van der Waals surface area contributed by atoms with E-state index >= 15 is 0 Å². The summed E-state index contributed by atoms with van der Waals surface area (Å²) in [5.41, 5.74) is 0.618. The highest BCUT2D eigenvalue weighted by Gasteiger charge is 2.28. The van der Waals surface area contributed by atoms with Gasteiger partial charge in [0.2, 0.25) is 0 Å². The molecule has 3 rings (SSSR count). The fourth-order valence-corrected chi connectivity index (χ4v) is 2.80. The minimum absolute atomic E-state index is 0.000653. The molecule has 1 aliphatic heterocycles. The fraction of sp³-hybridized carbons (Fsp3) is 0.562. The first-order valence-corrected chi connectivity index (χ1v) is 8.22. The van der Waals surface area contributed by atoms with Gasteiger partial charge in [-0.1, -0.05) is 0 Å². The summed E-state index contributed by atoms with van der Waals surface area (Å²) in [6.07, 6.45) is 1.12. The normalized spacial score (nSPS) is 16.2. The number of non-ortho nitro benzene ring substituents is 1. The number of nitro groups is 1. The molecule has 134 valence electrons. The molecule has 0 aliphatic carbocycles. The Morgan fingerprint density at radius 3 is 2.48 bits per heavy atom. The predicted octanol–water partition coefficient (Wildman–Crippen LogP) is 2.91. The maximum absolute atomic E-state index is 12.1. The van der Waals surface area contributed by atoms with Gasteiger partial charge in [-0.15, -0.1) is 0 Å². The fourth-order valence-electron chi connectivity index (χ4n) is 2.80. The van der Waals surface area contributed by atoms with Crippen molar-refractivity contribution >= 4 is 22.8 Å². The van der Waals surface area contributed by atoms with E-state index in [1.807, 2.05) is 20.8 Å². The zero-order valence-electron chi connectivity index (χ0n) is 14.5. The summed E-state index contributed by atoms with van der Waals surface area (Å²) in [5, 5.41) is 19.6. The van der Waals surface area contributed by atoms with Crippen LogP contribution in [0.3, 0.4) is 0 Å². The van der Waals surface area contributed by atoms with E-state index in [-0.39, 0.29) is 17.8 Å². The van der Waals surface area contributed by atoms with Gasteiger partial charge in [-0.3, -0.25) is 10.1 Å². The molecular formula is C16H21N5O4. The number of hydrogen-bond donors (Lipinski definition) is 0. The Balaban J connectivity index is 1.67. The summed E-state index contributed by atoms with van der Waals surface area (Å²) in [7, 11) is 0. The summed E-state index contributed by atoms with van der Waals surface area (Å²) >= 11 is 0. The number of ether oxygens (including phenoxy) is 1. The molecule has 0 unspecified atom stereocenters. The minimum Gasteiger partial charge on any atom is -0.444 e. The molecule has 2 heterocycles. The number of carbonyl (C=O) groups is 1. The molecule has 25 heavy (non-hydrogen) atoms. The quantitative estimate of drug-likeness (QED) is 0.611. The van der Waals surface area contributed by atoms with E-state index in [1.165, 1.54) is 12.1 Å². The molecule has 0 atom stereocenters. The van der Waals surface area contributed by atoms with Crippen LogP contribution in [0.15, 0.2) is 18.2 Å². The van der Waals surface area contributed by atoms with Crippen molar-refractivity contribution in [3.05, 3.63) is 28.3 Å². The van der Waals surface area contributed by atoms with Gasteiger partial charge in [-0.2, -0.15) is 15.0 Å². The number of nitro benzene ring substituents is 1. The number of rotatable bonds is 2. The summed E-state index contributed by atoms with van der Waals surface area (Å²) < 4.78 is 5.39. The molecule has 1 aliphatic rings. The van der Waals surface area contributed by atoms with Gasteiger partial charge in [0.05, 0.1) is 11.0 Å². The lowest BCUT2D eigenvalue weighted by molar-refractivity contribution is -0.384. The molecule has 1 amide bonds. The highest BCUT2D eigenvalue weighted by molar-refractivity contribution is 5.76. The van der Waals surface area contributed by atoms with Crippen LogP contribution in [0.5, 0.6) is 0 Å². The van der Waals surface area contributed by atoms with Gasteiger partial charge >= 0.3 is 6.09 Å². The van der Waals surface area contributed by atoms with E-state index < -0.39 is 10.5 Å². The molecule has 9 nitrogen and oxygen atoms in total. The average molecular weight is 347 g/mol. The van der Waals surface area contributed by atoms with Crippen molar-refractivity contribution in [2.24, 2.45) is 0 Å². The summed E-state index contributed by atoms with van der Waals surface area (Å²) in [6, 6.07) is 4.51. The number of hydrogen-bond acceptors (Lipinski definition) is 6. The van der Waals surface area contributed by atoms with Crippen LogP contribution in [0, 0.1) is 10.1 Å². The smallest absolute Gasteiger partial charge is 0.410 e. The van der Waals surface area contributed by atoms with Crippen molar-refractivity contribution in [3.63, 3.8) is 0 Å².